The summed E-state index contributed by atoms with van der Waals surface area (Å²) in [4.78, 5) is 16.0. The molecular formula is C2H8BrCl2O4P. The summed E-state index contributed by atoms with van der Waals surface area (Å²) < 4.78 is 13.8. The number of halogens is 3. The van der Waals surface area contributed by atoms with Crippen molar-refractivity contribution in [3.63, 3.8) is 0 Å². The standard InChI is InChI=1S/C2H6BrO4P.2ClH/c3-1-2-7-8(4,5)6;;/h1-2H2,(H2,4,5,6);2*1H. The van der Waals surface area contributed by atoms with E-state index in [1.807, 2.05) is 0 Å². The van der Waals surface area contributed by atoms with Gasteiger partial charge in [0.2, 0.25) is 0 Å². The van der Waals surface area contributed by atoms with Gasteiger partial charge in [0, 0.05) is 5.33 Å². The molecule has 0 amide bonds. The van der Waals surface area contributed by atoms with Gasteiger partial charge in [0.15, 0.2) is 0 Å². The molecule has 0 bridgehead atoms. The SMILES string of the molecule is Cl.Cl.O=P(O)(O)OCCBr. The lowest BCUT2D eigenvalue weighted by Gasteiger charge is -2.00. The maximum Gasteiger partial charge on any atom is 0.469 e. The van der Waals surface area contributed by atoms with E-state index in [1.165, 1.54) is 0 Å². The van der Waals surface area contributed by atoms with Gasteiger partial charge in [-0.1, -0.05) is 15.9 Å². The molecule has 0 heterocycles. The van der Waals surface area contributed by atoms with Gasteiger partial charge in [-0.15, -0.1) is 24.8 Å². The Hall–Kier alpha value is 1.17. The van der Waals surface area contributed by atoms with Gasteiger partial charge in [-0.2, -0.15) is 0 Å². The smallest absolute Gasteiger partial charge is 0.303 e. The second kappa shape index (κ2) is 8.27. The Balaban J connectivity index is -0.000000245. The highest BCUT2D eigenvalue weighted by atomic mass is 79.9. The van der Waals surface area contributed by atoms with Gasteiger partial charge in [-0.05, 0) is 0 Å². The average Bonchev–Trinajstić information content (AvgIpc) is 1.59. The Kier molecular flexibility index (Phi) is 14.3. The summed E-state index contributed by atoms with van der Waals surface area (Å²) in [5, 5.41) is 0.429. The molecule has 0 aliphatic carbocycles. The summed E-state index contributed by atoms with van der Waals surface area (Å²) >= 11 is 2.93. The van der Waals surface area contributed by atoms with Crippen LogP contribution in [0.25, 0.3) is 0 Å². The summed E-state index contributed by atoms with van der Waals surface area (Å²) in [6.07, 6.45) is 0. The third-order valence-corrected chi connectivity index (χ3v) is 1.18. The van der Waals surface area contributed by atoms with Crippen LogP contribution in [0.5, 0.6) is 0 Å². The van der Waals surface area contributed by atoms with Crippen LogP contribution in [-0.2, 0) is 9.09 Å². The monoisotopic (exact) mass is 276 g/mol. The molecule has 8 heteroatoms. The van der Waals surface area contributed by atoms with Crippen LogP contribution in [0.3, 0.4) is 0 Å². The van der Waals surface area contributed by atoms with E-state index < -0.39 is 7.82 Å². The van der Waals surface area contributed by atoms with E-state index in [1.54, 1.807) is 0 Å². The molecule has 66 valence electrons. The third kappa shape index (κ3) is 16.1. The molecule has 2 N–H and O–H groups in total. The Morgan fingerprint density at radius 2 is 1.80 bits per heavy atom. The van der Waals surface area contributed by atoms with Crippen molar-refractivity contribution in [3.05, 3.63) is 0 Å². The number of hydrogen-bond acceptors (Lipinski definition) is 2. The lowest BCUT2D eigenvalue weighted by molar-refractivity contribution is 0.208. The molecule has 0 spiro atoms. The number of alkyl halides is 1. The highest BCUT2D eigenvalue weighted by Gasteiger charge is 2.11. The molecular weight excluding hydrogens is 270 g/mol. The van der Waals surface area contributed by atoms with Crippen LogP contribution in [0, 0.1) is 0 Å². The minimum absolute atomic E-state index is 0. The largest absolute Gasteiger partial charge is 0.469 e. The topological polar surface area (TPSA) is 66.8 Å². The molecule has 0 aromatic rings. The Labute approximate surface area is 79.5 Å². The molecule has 0 aliphatic heterocycles. The summed E-state index contributed by atoms with van der Waals surface area (Å²) in [5.74, 6) is 0. The van der Waals surface area contributed by atoms with E-state index in [2.05, 4.69) is 20.5 Å². The van der Waals surface area contributed by atoms with Crippen molar-refractivity contribution in [3.8, 4) is 0 Å². The number of phosphoric ester groups is 1. The van der Waals surface area contributed by atoms with Gasteiger partial charge in [0.05, 0.1) is 6.61 Å². The quantitative estimate of drug-likeness (QED) is 0.603. The lowest BCUT2D eigenvalue weighted by atomic mass is 10.9. The lowest BCUT2D eigenvalue weighted by Crippen LogP contribution is -1.91. The van der Waals surface area contributed by atoms with E-state index in [0.29, 0.717) is 5.33 Å². The fourth-order valence-electron chi connectivity index (χ4n) is 0.153. The molecule has 10 heavy (non-hydrogen) atoms. The second-order valence-electron chi connectivity index (χ2n) is 1.01. The highest BCUT2D eigenvalue weighted by molar-refractivity contribution is 9.09. The van der Waals surface area contributed by atoms with Gasteiger partial charge in [-0.25, -0.2) is 4.57 Å². The van der Waals surface area contributed by atoms with Crippen LogP contribution in [0.2, 0.25) is 0 Å². The first kappa shape index (κ1) is 17.3. The second-order valence-corrected chi connectivity index (χ2v) is 3.05. The molecule has 0 aliphatic rings. The van der Waals surface area contributed by atoms with Crippen molar-refractivity contribution >= 4 is 48.6 Å². The van der Waals surface area contributed by atoms with Crippen LogP contribution in [0.4, 0.5) is 0 Å². The van der Waals surface area contributed by atoms with Crippen molar-refractivity contribution in [1.29, 1.82) is 0 Å². The van der Waals surface area contributed by atoms with Crippen molar-refractivity contribution in [2.45, 2.75) is 0 Å². The number of rotatable bonds is 3. The summed E-state index contributed by atoms with van der Waals surface area (Å²) in [5.41, 5.74) is 0. The first-order chi connectivity index (χ1) is 3.56. The summed E-state index contributed by atoms with van der Waals surface area (Å²) in [6, 6.07) is 0. The van der Waals surface area contributed by atoms with E-state index in [-0.39, 0.29) is 31.4 Å². The van der Waals surface area contributed by atoms with E-state index >= 15 is 0 Å². The molecule has 0 radical (unpaired) electrons. The normalized spacial score (nSPS) is 9.50. The third-order valence-electron chi connectivity index (χ3n) is 0.337. The van der Waals surface area contributed by atoms with Crippen LogP contribution in [0.1, 0.15) is 0 Å². The van der Waals surface area contributed by atoms with E-state index in [0.717, 1.165) is 0 Å². The van der Waals surface area contributed by atoms with Crippen molar-refractivity contribution in [1.82, 2.24) is 0 Å². The minimum Gasteiger partial charge on any atom is -0.303 e. The van der Waals surface area contributed by atoms with Gasteiger partial charge >= 0.3 is 7.82 Å². The zero-order valence-electron chi connectivity index (χ0n) is 4.77. The summed E-state index contributed by atoms with van der Waals surface area (Å²) in [7, 11) is -4.21. The fraction of sp³-hybridized carbons (Fsp3) is 1.00. The highest BCUT2D eigenvalue weighted by Crippen LogP contribution is 2.35. The van der Waals surface area contributed by atoms with Gasteiger partial charge < -0.3 is 9.79 Å². The number of phosphoric acid groups is 1. The molecule has 0 saturated carbocycles. The zero-order valence-corrected chi connectivity index (χ0v) is 8.88. The maximum absolute atomic E-state index is 9.84. The van der Waals surface area contributed by atoms with Crippen molar-refractivity contribution in [2.24, 2.45) is 0 Å². The molecule has 4 nitrogen and oxygen atoms in total. The predicted octanol–water partition coefficient (Wildman–Crippen LogP) is 1.33. The van der Waals surface area contributed by atoms with E-state index in [4.69, 9.17) is 9.79 Å². The summed E-state index contributed by atoms with van der Waals surface area (Å²) in [6.45, 7) is 0.0320. The molecule has 0 unspecified atom stereocenters. The van der Waals surface area contributed by atoms with Crippen LogP contribution in [0.15, 0.2) is 0 Å². The van der Waals surface area contributed by atoms with Crippen molar-refractivity contribution < 1.29 is 18.9 Å². The Morgan fingerprint density at radius 1 is 1.40 bits per heavy atom. The first-order valence-electron chi connectivity index (χ1n) is 1.82. The predicted molar refractivity (Wildman–Crippen MR) is 46.3 cm³/mol. The molecule has 0 aromatic carbocycles. The first-order valence-corrected chi connectivity index (χ1v) is 4.47. The fourth-order valence-corrected chi connectivity index (χ4v) is 0.895. The molecule has 0 atom stereocenters. The molecule has 0 aromatic heterocycles. The molecule has 0 saturated heterocycles. The van der Waals surface area contributed by atoms with Crippen molar-refractivity contribution in [2.75, 3.05) is 11.9 Å². The number of hydrogen-bond donors (Lipinski definition) is 2. The van der Waals surface area contributed by atoms with Crippen LogP contribution >= 0.6 is 48.6 Å². The maximum atomic E-state index is 9.84. The van der Waals surface area contributed by atoms with Gasteiger partial charge in [0.1, 0.15) is 0 Å². The zero-order chi connectivity index (χ0) is 6.62. The Bertz CT molecular complexity index is 105. The molecule has 0 rings (SSSR count). The average molecular weight is 278 g/mol. The Morgan fingerprint density at radius 3 is 1.90 bits per heavy atom. The van der Waals surface area contributed by atoms with E-state index in [9.17, 15) is 4.57 Å². The minimum atomic E-state index is -4.21. The van der Waals surface area contributed by atoms with Crippen LogP contribution in [-0.4, -0.2) is 21.7 Å². The van der Waals surface area contributed by atoms with Crippen LogP contribution < -0.4 is 0 Å². The molecule has 0 fully saturated rings. The van der Waals surface area contributed by atoms with Gasteiger partial charge in [-0.3, -0.25) is 4.52 Å². The van der Waals surface area contributed by atoms with Gasteiger partial charge in [0.25, 0.3) is 0 Å².